The first-order chi connectivity index (χ1) is 9.06. The second-order valence-corrected chi connectivity index (χ2v) is 5.25. The van der Waals surface area contributed by atoms with Gasteiger partial charge in [-0.25, -0.2) is 0 Å². The van der Waals surface area contributed by atoms with Crippen LogP contribution < -0.4 is 5.32 Å². The molecule has 2 aromatic rings. The summed E-state index contributed by atoms with van der Waals surface area (Å²) in [5.41, 5.74) is 4.74. The molecule has 2 aromatic carbocycles. The third-order valence-electron chi connectivity index (χ3n) is 3.34. The summed E-state index contributed by atoms with van der Waals surface area (Å²) < 4.78 is 0. The third-order valence-corrected chi connectivity index (χ3v) is 3.34. The molecule has 0 aliphatic heterocycles. The SMILES string of the molecule is Cc1cc(O)ccc1NCc1ccc(C(C)C)cc1. The molecule has 0 spiro atoms. The molecule has 100 valence electrons. The van der Waals surface area contributed by atoms with E-state index in [1.165, 1.54) is 11.1 Å². The van der Waals surface area contributed by atoms with Gasteiger partial charge in [0.05, 0.1) is 0 Å². The topological polar surface area (TPSA) is 32.3 Å². The van der Waals surface area contributed by atoms with E-state index in [2.05, 4.69) is 43.4 Å². The van der Waals surface area contributed by atoms with Gasteiger partial charge in [-0.05, 0) is 47.7 Å². The van der Waals surface area contributed by atoms with Crippen molar-refractivity contribution in [1.82, 2.24) is 0 Å². The van der Waals surface area contributed by atoms with E-state index in [4.69, 9.17) is 0 Å². The van der Waals surface area contributed by atoms with Crippen molar-refractivity contribution in [3.63, 3.8) is 0 Å². The highest BCUT2D eigenvalue weighted by atomic mass is 16.3. The molecule has 0 saturated heterocycles. The highest BCUT2D eigenvalue weighted by Crippen LogP contribution is 2.21. The van der Waals surface area contributed by atoms with Gasteiger partial charge in [-0.1, -0.05) is 38.1 Å². The second-order valence-electron chi connectivity index (χ2n) is 5.25. The number of phenolic OH excluding ortho intramolecular Hbond substituents is 1. The number of phenols is 1. The lowest BCUT2D eigenvalue weighted by molar-refractivity contribution is 0.475. The normalized spacial score (nSPS) is 10.7. The minimum atomic E-state index is 0.310. The van der Waals surface area contributed by atoms with Crippen molar-refractivity contribution >= 4 is 5.69 Å². The molecule has 0 aliphatic rings. The maximum Gasteiger partial charge on any atom is 0.115 e. The van der Waals surface area contributed by atoms with Gasteiger partial charge in [0.25, 0.3) is 0 Å². The number of hydrogen-bond donors (Lipinski definition) is 2. The van der Waals surface area contributed by atoms with Crippen molar-refractivity contribution in [2.24, 2.45) is 0 Å². The number of aryl methyl sites for hydroxylation is 1. The Labute approximate surface area is 115 Å². The van der Waals surface area contributed by atoms with Gasteiger partial charge >= 0.3 is 0 Å². The van der Waals surface area contributed by atoms with E-state index in [0.29, 0.717) is 11.7 Å². The number of aromatic hydroxyl groups is 1. The molecule has 0 amide bonds. The molecule has 0 atom stereocenters. The standard InChI is InChI=1S/C17H21NO/c1-12(2)15-6-4-14(5-7-15)11-18-17-9-8-16(19)10-13(17)3/h4-10,12,18-19H,11H2,1-3H3. The molecule has 0 heterocycles. The molecule has 2 heteroatoms. The van der Waals surface area contributed by atoms with Crippen LogP contribution in [0.1, 0.15) is 36.5 Å². The molecule has 2 N–H and O–H groups in total. The molecule has 2 nitrogen and oxygen atoms in total. The zero-order valence-electron chi connectivity index (χ0n) is 11.8. The molecule has 0 radical (unpaired) electrons. The van der Waals surface area contributed by atoms with Gasteiger partial charge in [0.2, 0.25) is 0 Å². The molecule has 0 unspecified atom stereocenters. The van der Waals surface area contributed by atoms with Crippen molar-refractivity contribution in [2.45, 2.75) is 33.2 Å². The van der Waals surface area contributed by atoms with Crippen LogP contribution in [0.25, 0.3) is 0 Å². The fourth-order valence-corrected chi connectivity index (χ4v) is 2.06. The van der Waals surface area contributed by atoms with Gasteiger partial charge in [-0.3, -0.25) is 0 Å². The Balaban J connectivity index is 2.02. The van der Waals surface area contributed by atoms with Crippen LogP contribution in [0.4, 0.5) is 5.69 Å². The zero-order chi connectivity index (χ0) is 13.8. The second kappa shape index (κ2) is 5.79. The lowest BCUT2D eigenvalue weighted by Crippen LogP contribution is -2.01. The molecule has 0 bridgehead atoms. The quantitative estimate of drug-likeness (QED) is 0.792. The van der Waals surface area contributed by atoms with E-state index in [9.17, 15) is 5.11 Å². The first kappa shape index (κ1) is 13.5. The van der Waals surface area contributed by atoms with Gasteiger partial charge in [0.15, 0.2) is 0 Å². The molecule has 2 rings (SSSR count). The average Bonchev–Trinajstić information content (AvgIpc) is 2.38. The lowest BCUT2D eigenvalue weighted by atomic mass is 10.0. The summed E-state index contributed by atoms with van der Waals surface area (Å²) in [6.07, 6.45) is 0. The van der Waals surface area contributed by atoms with Crippen LogP contribution in [0.2, 0.25) is 0 Å². The number of anilines is 1. The summed E-state index contributed by atoms with van der Waals surface area (Å²) >= 11 is 0. The fraction of sp³-hybridized carbons (Fsp3) is 0.294. The number of hydrogen-bond acceptors (Lipinski definition) is 2. The van der Waals surface area contributed by atoms with Crippen LogP contribution in [0, 0.1) is 6.92 Å². The highest BCUT2D eigenvalue weighted by Gasteiger charge is 2.01. The molecule has 0 fully saturated rings. The smallest absolute Gasteiger partial charge is 0.115 e. The fourth-order valence-electron chi connectivity index (χ4n) is 2.06. The van der Waals surface area contributed by atoms with E-state index in [1.807, 2.05) is 13.0 Å². The summed E-state index contributed by atoms with van der Waals surface area (Å²) in [4.78, 5) is 0. The average molecular weight is 255 g/mol. The van der Waals surface area contributed by atoms with Crippen molar-refractivity contribution in [2.75, 3.05) is 5.32 Å². The van der Waals surface area contributed by atoms with Gasteiger partial charge in [-0.2, -0.15) is 0 Å². The van der Waals surface area contributed by atoms with Gasteiger partial charge in [0, 0.05) is 12.2 Å². The first-order valence-corrected chi connectivity index (χ1v) is 6.68. The summed E-state index contributed by atoms with van der Waals surface area (Å²) in [5, 5.41) is 12.8. The predicted octanol–water partition coefficient (Wildman–Crippen LogP) is 4.44. The Hall–Kier alpha value is -1.96. The van der Waals surface area contributed by atoms with E-state index >= 15 is 0 Å². The number of rotatable bonds is 4. The minimum absolute atomic E-state index is 0.310. The first-order valence-electron chi connectivity index (χ1n) is 6.68. The Morgan fingerprint density at radius 1 is 1.05 bits per heavy atom. The summed E-state index contributed by atoms with van der Waals surface area (Å²) in [5.74, 6) is 0.880. The van der Waals surface area contributed by atoms with Gasteiger partial charge in [0.1, 0.15) is 5.75 Å². The number of benzene rings is 2. The summed E-state index contributed by atoms with van der Waals surface area (Å²) in [6.45, 7) is 7.19. The van der Waals surface area contributed by atoms with Crippen LogP contribution in [0.5, 0.6) is 5.75 Å². The van der Waals surface area contributed by atoms with Gasteiger partial charge < -0.3 is 10.4 Å². The highest BCUT2D eigenvalue weighted by molar-refractivity contribution is 5.53. The Morgan fingerprint density at radius 2 is 1.74 bits per heavy atom. The van der Waals surface area contributed by atoms with Crippen molar-refractivity contribution in [3.05, 3.63) is 59.2 Å². The van der Waals surface area contributed by atoms with E-state index in [1.54, 1.807) is 12.1 Å². The number of nitrogens with one attached hydrogen (secondary N) is 1. The molecular weight excluding hydrogens is 234 g/mol. The van der Waals surface area contributed by atoms with Crippen molar-refractivity contribution in [3.8, 4) is 5.75 Å². The van der Waals surface area contributed by atoms with Crippen LogP contribution in [-0.4, -0.2) is 5.11 Å². The Kier molecular flexibility index (Phi) is 4.10. The van der Waals surface area contributed by atoms with E-state index < -0.39 is 0 Å². The zero-order valence-corrected chi connectivity index (χ0v) is 11.8. The van der Waals surface area contributed by atoms with Gasteiger partial charge in [-0.15, -0.1) is 0 Å². The largest absolute Gasteiger partial charge is 0.508 e. The Bertz CT molecular complexity index is 544. The van der Waals surface area contributed by atoms with Crippen molar-refractivity contribution < 1.29 is 5.11 Å². The molecular formula is C17H21NO. The third kappa shape index (κ3) is 3.50. The molecule has 0 saturated carbocycles. The summed E-state index contributed by atoms with van der Waals surface area (Å²) in [7, 11) is 0. The molecule has 19 heavy (non-hydrogen) atoms. The minimum Gasteiger partial charge on any atom is -0.508 e. The van der Waals surface area contributed by atoms with Crippen LogP contribution in [-0.2, 0) is 6.54 Å². The van der Waals surface area contributed by atoms with Crippen LogP contribution in [0.15, 0.2) is 42.5 Å². The Morgan fingerprint density at radius 3 is 2.32 bits per heavy atom. The van der Waals surface area contributed by atoms with Crippen molar-refractivity contribution in [1.29, 1.82) is 0 Å². The van der Waals surface area contributed by atoms with Crippen LogP contribution >= 0.6 is 0 Å². The molecule has 0 aromatic heterocycles. The van der Waals surface area contributed by atoms with E-state index in [-0.39, 0.29) is 0 Å². The lowest BCUT2D eigenvalue weighted by Gasteiger charge is -2.11. The maximum atomic E-state index is 9.38. The predicted molar refractivity (Wildman–Crippen MR) is 80.7 cm³/mol. The van der Waals surface area contributed by atoms with E-state index in [0.717, 1.165) is 17.8 Å². The molecule has 0 aliphatic carbocycles. The maximum absolute atomic E-state index is 9.38. The van der Waals surface area contributed by atoms with Crippen LogP contribution in [0.3, 0.4) is 0 Å². The monoisotopic (exact) mass is 255 g/mol. The summed E-state index contributed by atoms with van der Waals surface area (Å²) in [6, 6.07) is 14.1.